The molecule has 0 aliphatic carbocycles. The Bertz CT molecular complexity index is 875. The molecule has 0 spiro atoms. The molecule has 7 heteroatoms. The maximum Gasteiger partial charge on any atom is 0.184 e. The van der Waals surface area contributed by atoms with E-state index in [2.05, 4.69) is 5.32 Å². The zero-order valence-electron chi connectivity index (χ0n) is 16.0. The lowest BCUT2D eigenvalue weighted by atomic mass is 10.1. The van der Waals surface area contributed by atoms with Gasteiger partial charge in [0, 0.05) is 23.2 Å². The third-order valence-corrected chi connectivity index (χ3v) is 4.14. The van der Waals surface area contributed by atoms with Gasteiger partial charge in [-0.25, -0.2) is 0 Å². The van der Waals surface area contributed by atoms with E-state index in [4.69, 9.17) is 14.2 Å². The number of carbonyl (C=O) groups excluding carboxylic acids is 2. The molecule has 0 heterocycles. The van der Waals surface area contributed by atoms with Gasteiger partial charge in [-0.15, -0.1) is 0 Å². The Morgan fingerprint density at radius 2 is 1.44 bits per heavy atom. The maximum absolute atomic E-state index is 11.8. The summed E-state index contributed by atoms with van der Waals surface area (Å²) in [4.78, 5) is 23.5. The average molecular weight is 373 g/mol. The number of phenolic OH excluding ortho intramolecular Hbond substituents is 1. The Kier molecular flexibility index (Phi) is 6.28. The van der Waals surface area contributed by atoms with Crippen LogP contribution in [0.4, 0.5) is 5.69 Å². The zero-order chi connectivity index (χ0) is 20.1. The first kappa shape index (κ1) is 20.1. The highest BCUT2D eigenvalue weighted by molar-refractivity contribution is 5.96. The van der Waals surface area contributed by atoms with Crippen LogP contribution in [-0.4, -0.2) is 38.0 Å². The standard InChI is InChI=1S/C20H23NO6/c1-11(22)13-6-15(19(24)17(8-13)25-3)10-21-16-7-14(12(2)23)9-18(26-4)20(16)27-5/h6-9,21,24H,10H2,1-5H3. The van der Waals surface area contributed by atoms with Gasteiger partial charge < -0.3 is 24.6 Å². The summed E-state index contributed by atoms with van der Waals surface area (Å²) in [7, 11) is 4.40. The molecule has 0 aromatic heterocycles. The van der Waals surface area contributed by atoms with Crippen molar-refractivity contribution in [1.29, 1.82) is 0 Å². The number of methoxy groups -OCH3 is 3. The number of nitrogens with one attached hydrogen (secondary N) is 1. The minimum Gasteiger partial charge on any atom is -0.504 e. The van der Waals surface area contributed by atoms with E-state index in [0.717, 1.165) is 0 Å². The molecule has 0 aliphatic heterocycles. The second-order valence-corrected chi connectivity index (χ2v) is 5.91. The van der Waals surface area contributed by atoms with E-state index in [0.29, 0.717) is 33.9 Å². The molecule has 0 fully saturated rings. The van der Waals surface area contributed by atoms with Crippen LogP contribution in [0.1, 0.15) is 40.1 Å². The van der Waals surface area contributed by atoms with Crippen molar-refractivity contribution < 1.29 is 28.9 Å². The Balaban J connectivity index is 2.44. The SMILES string of the molecule is COc1cc(C(C)=O)cc(CNc2cc(C(C)=O)cc(OC)c2OC)c1O. The van der Waals surface area contributed by atoms with Crippen molar-refractivity contribution >= 4 is 17.3 Å². The van der Waals surface area contributed by atoms with Crippen molar-refractivity contribution in [2.24, 2.45) is 0 Å². The number of ether oxygens (including phenoxy) is 3. The normalized spacial score (nSPS) is 10.3. The fraction of sp³-hybridized carbons (Fsp3) is 0.300. The van der Waals surface area contributed by atoms with Crippen molar-refractivity contribution in [3.63, 3.8) is 0 Å². The van der Waals surface area contributed by atoms with Crippen LogP contribution in [-0.2, 0) is 6.54 Å². The van der Waals surface area contributed by atoms with E-state index >= 15 is 0 Å². The summed E-state index contributed by atoms with van der Waals surface area (Å²) in [5.74, 6) is 0.711. The number of ketones is 2. The van der Waals surface area contributed by atoms with Crippen molar-refractivity contribution in [3.05, 3.63) is 41.0 Å². The van der Waals surface area contributed by atoms with E-state index in [-0.39, 0.29) is 29.6 Å². The van der Waals surface area contributed by atoms with Crippen molar-refractivity contribution in [2.75, 3.05) is 26.6 Å². The number of benzene rings is 2. The van der Waals surface area contributed by atoms with Gasteiger partial charge in [0.05, 0.1) is 27.0 Å². The van der Waals surface area contributed by atoms with Crippen LogP contribution in [0.3, 0.4) is 0 Å². The number of aromatic hydroxyl groups is 1. The Labute approximate surface area is 157 Å². The first-order chi connectivity index (χ1) is 12.8. The second-order valence-electron chi connectivity index (χ2n) is 5.91. The molecule has 144 valence electrons. The molecule has 0 aliphatic rings. The molecular weight excluding hydrogens is 350 g/mol. The van der Waals surface area contributed by atoms with Gasteiger partial charge in [-0.3, -0.25) is 9.59 Å². The van der Waals surface area contributed by atoms with Gasteiger partial charge in [-0.1, -0.05) is 0 Å². The molecule has 0 amide bonds. The maximum atomic E-state index is 11.8. The first-order valence-electron chi connectivity index (χ1n) is 8.24. The molecule has 2 aromatic rings. The predicted octanol–water partition coefficient (Wildman–Crippen LogP) is 3.44. The summed E-state index contributed by atoms with van der Waals surface area (Å²) >= 11 is 0. The minimum absolute atomic E-state index is 0.0661. The molecule has 0 bridgehead atoms. The molecule has 0 unspecified atom stereocenters. The third-order valence-electron chi connectivity index (χ3n) is 4.14. The molecular formula is C20H23NO6. The highest BCUT2D eigenvalue weighted by Gasteiger charge is 2.17. The van der Waals surface area contributed by atoms with Gasteiger partial charge in [-0.05, 0) is 38.1 Å². The summed E-state index contributed by atoms with van der Waals surface area (Å²) in [6, 6.07) is 6.32. The van der Waals surface area contributed by atoms with Crippen LogP contribution in [0.5, 0.6) is 23.0 Å². The highest BCUT2D eigenvalue weighted by Crippen LogP contribution is 2.38. The van der Waals surface area contributed by atoms with E-state index in [1.54, 1.807) is 18.2 Å². The summed E-state index contributed by atoms with van der Waals surface area (Å²) in [6.07, 6.45) is 0. The van der Waals surface area contributed by atoms with Gasteiger partial charge in [0.1, 0.15) is 0 Å². The van der Waals surface area contributed by atoms with Crippen molar-refractivity contribution in [3.8, 4) is 23.0 Å². The average Bonchev–Trinajstić information content (AvgIpc) is 2.65. The minimum atomic E-state index is -0.146. The van der Waals surface area contributed by atoms with Crippen LogP contribution in [0.15, 0.2) is 24.3 Å². The fourth-order valence-corrected chi connectivity index (χ4v) is 2.65. The topological polar surface area (TPSA) is 94.1 Å². The smallest absolute Gasteiger partial charge is 0.184 e. The second kappa shape index (κ2) is 8.44. The van der Waals surface area contributed by atoms with Crippen LogP contribution in [0, 0.1) is 0 Å². The van der Waals surface area contributed by atoms with Crippen molar-refractivity contribution in [2.45, 2.75) is 20.4 Å². The number of hydrogen-bond acceptors (Lipinski definition) is 7. The summed E-state index contributed by atoms with van der Waals surface area (Å²) < 4.78 is 15.8. The fourth-order valence-electron chi connectivity index (χ4n) is 2.65. The van der Waals surface area contributed by atoms with Gasteiger partial charge in [-0.2, -0.15) is 0 Å². The monoisotopic (exact) mass is 373 g/mol. The van der Waals surface area contributed by atoms with E-state index in [1.165, 1.54) is 41.2 Å². The van der Waals surface area contributed by atoms with Gasteiger partial charge in [0.15, 0.2) is 34.6 Å². The van der Waals surface area contributed by atoms with Crippen LogP contribution in [0.2, 0.25) is 0 Å². The molecule has 7 nitrogen and oxygen atoms in total. The largest absolute Gasteiger partial charge is 0.504 e. The quantitative estimate of drug-likeness (QED) is 0.685. The van der Waals surface area contributed by atoms with E-state index in [1.807, 2.05) is 0 Å². The highest BCUT2D eigenvalue weighted by atomic mass is 16.5. The van der Waals surface area contributed by atoms with Crippen LogP contribution in [0.25, 0.3) is 0 Å². The first-order valence-corrected chi connectivity index (χ1v) is 8.24. The van der Waals surface area contributed by atoms with Crippen molar-refractivity contribution in [1.82, 2.24) is 0 Å². The molecule has 0 radical (unpaired) electrons. The molecule has 0 saturated carbocycles. The number of carbonyl (C=O) groups is 2. The van der Waals surface area contributed by atoms with Crippen LogP contribution >= 0.6 is 0 Å². The lowest BCUT2D eigenvalue weighted by Gasteiger charge is -2.17. The predicted molar refractivity (Wildman–Crippen MR) is 102 cm³/mol. The molecule has 2 aromatic carbocycles. The third kappa shape index (κ3) is 4.31. The van der Waals surface area contributed by atoms with E-state index < -0.39 is 0 Å². The Morgan fingerprint density at radius 1 is 0.889 bits per heavy atom. The van der Waals surface area contributed by atoms with E-state index in [9.17, 15) is 14.7 Å². The number of rotatable bonds is 8. The van der Waals surface area contributed by atoms with Gasteiger partial charge in [0.2, 0.25) is 0 Å². The Morgan fingerprint density at radius 3 is 1.96 bits per heavy atom. The molecule has 0 saturated heterocycles. The number of hydrogen-bond donors (Lipinski definition) is 2. The molecule has 0 atom stereocenters. The molecule has 2 N–H and O–H groups in total. The molecule has 2 rings (SSSR count). The summed E-state index contributed by atoms with van der Waals surface area (Å²) in [6.45, 7) is 3.06. The number of anilines is 1. The molecule has 27 heavy (non-hydrogen) atoms. The zero-order valence-corrected chi connectivity index (χ0v) is 16.0. The number of phenols is 1. The Hall–Kier alpha value is -3.22. The lowest BCUT2D eigenvalue weighted by molar-refractivity contribution is 0.100. The van der Waals surface area contributed by atoms with Crippen LogP contribution < -0.4 is 19.5 Å². The summed E-state index contributed by atoms with van der Waals surface area (Å²) in [5, 5.41) is 13.5. The number of Topliss-reactive ketones (excluding diaryl/α,β-unsaturated/α-hetero) is 2. The van der Waals surface area contributed by atoms with Gasteiger partial charge >= 0.3 is 0 Å². The summed E-state index contributed by atoms with van der Waals surface area (Å²) in [5.41, 5.74) is 1.86. The van der Waals surface area contributed by atoms with Gasteiger partial charge in [0.25, 0.3) is 0 Å². The lowest BCUT2D eigenvalue weighted by Crippen LogP contribution is -2.06.